The van der Waals surface area contributed by atoms with Crippen molar-refractivity contribution < 1.29 is 14.3 Å². The van der Waals surface area contributed by atoms with Gasteiger partial charge in [-0.05, 0) is 43.0 Å². The van der Waals surface area contributed by atoms with Crippen LogP contribution >= 0.6 is 11.8 Å². The molecule has 0 saturated heterocycles. The zero-order valence-electron chi connectivity index (χ0n) is 16.1. The van der Waals surface area contributed by atoms with Crippen molar-refractivity contribution >= 4 is 28.6 Å². The Labute approximate surface area is 163 Å². The van der Waals surface area contributed by atoms with E-state index in [-0.39, 0.29) is 5.75 Å². The quantitative estimate of drug-likeness (QED) is 0.541. The fourth-order valence-corrected chi connectivity index (χ4v) is 3.03. The van der Waals surface area contributed by atoms with Crippen molar-refractivity contribution in [1.82, 2.24) is 4.98 Å². The summed E-state index contributed by atoms with van der Waals surface area (Å²) in [6.07, 6.45) is 3.45. The third-order valence-corrected chi connectivity index (χ3v) is 5.22. The summed E-state index contributed by atoms with van der Waals surface area (Å²) < 4.78 is 5.97. The Bertz CT molecular complexity index is 843. The number of carboxylic acids is 1. The molecule has 0 aliphatic carbocycles. The summed E-state index contributed by atoms with van der Waals surface area (Å²) in [5.41, 5.74) is 2.00. The zero-order chi connectivity index (χ0) is 19.8. The van der Waals surface area contributed by atoms with E-state index < -0.39 is 5.97 Å². The topological polar surface area (TPSA) is 88.0 Å². The minimum absolute atomic E-state index is 0.0253. The Kier molecular flexibility index (Phi) is 7.79. The SMILES string of the molecule is CCC(=NC(=NC)c1ccc(-c2ccnc(C(C)CC)c2)o1)SCC(=O)O. The Hall–Kier alpha value is -2.41. The molecule has 0 aromatic carbocycles. The maximum absolute atomic E-state index is 10.8. The predicted molar refractivity (Wildman–Crippen MR) is 111 cm³/mol. The van der Waals surface area contributed by atoms with Gasteiger partial charge >= 0.3 is 5.97 Å². The first-order valence-corrected chi connectivity index (χ1v) is 9.92. The van der Waals surface area contributed by atoms with Crippen LogP contribution in [0.2, 0.25) is 0 Å². The predicted octanol–water partition coefficient (Wildman–Crippen LogP) is 4.86. The summed E-state index contributed by atoms with van der Waals surface area (Å²) in [5.74, 6) is 1.22. The number of aliphatic carboxylic acids is 1. The largest absolute Gasteiger partial charge is 0.481 e. The maximum Gasteiger partial charge on any atom is 0.313 e. The molecule has 0 fully saturated rings. The number of nitrogens with zero attached hydrogens (tertiary/aromatic N) is 3. The monoisotopic (exact) mass is 387 g/mol. The molecule has 0 aliphatic heterocycles. The van der Waals surface area contributed by atoms with Gasteiger partial charge in [0.05, 0.1) is 10.8 Å². The number of furan rings is 1. The second-order valence-corrected chi connectivity index (χ2v) is 7.08. The van der Waals surface area contributed by atoms with Gasteiger partial charge in [-0.1, -0.05) is 32.5 Å². The van der Waals surface area contributed by atoms with Gasteiger partial charge < -0.3 is 9.52 Å². The highest BCUT2D eigenvalue weighted by Crippen LogP contribution is 2.26. The van der Waals surface area contributed by atoms with E-state index in [0.29, 0.717) is 29.0 Å². The molecule has 2 aromatic heterocycles. The number of amidine groups is 1. The molecule has 0 spiro atoms. The Morgan fingerprint density at radius 2 is 2.11 bits per heavy atom. The smallest absolute Gasteiger partial charge is 0.313 e. The van der Waals surface area contributed by atoms with Crippen molar-refractivity contribution in [2.24, 2.45) is 9.98 Å². The van der Waals surface area contributed by atoms with Crippen molar-refractivity contribution in [2.45, 2.75) is 39.5 Å². The average Bonchev–Trinajstić information content (AvgIpc) is 3.17. The molecule has 0 bridgehead atoms. The van der Waals surface area contributed by atoms with Crippen LogP contribution in [0, 0.1) is 0 Å². The molecule has 2 aromatic rings. The highest BCUT2D eigenvalue weighted by molar-refractivity contribution is 8.14. The number of thioether (sulfide) groups is 1. The van der Waals surface area contributed by atoms with Crippen LogP contribution in [0.15, 0.2) is 44.9 Å². The van der Waals surface area contributed by atoms with Gasteiger partial charge in [0.15, 0.2) is 11.6 Å². The maximum atomic E-state index is 10.8. The second kappa shape index (κ2) is 10.1. The van der Waals surface area contributed by atoms with Gasteiger partial charge in [-0.25, -0.2) is 4.99 Å². The number of hydrogen-bond acceptors (Lipinski definition) is 5. The lowest BCUT2D eigenvalue weighted by Gasteiger charge is -2.08. The van der Waals surface area contributed by atoms with Crippen LogP contribution in [0.5, 0.6) is 0 Å². The van der Waals surface area contributed by atoms with Gasteiger partial charge in [0.25, 0.3) is 0 Å². The lowest BCUT2D eigenvalue weighted by atomic mass is 10.0. The molecule has 27 heavy (non-hydrogen) atoms. The van der Waals surface area contributed by atoms with Crippen molar-refractivity contribution in [1.29, 1.82) is 0 Å². The van der Waals surface area contributed by atoms with E-state index in [1.54, 1.807) is 13.2 Å². The van der Waals surface area contributed by atoms with Crippen LogP contribution in [0.3, 0.4) is 0 Å². The van der Waals surface area contributed by atoms with Gasteiger partial charge in [-0.3, -0.25) is 14.8 Å². The molecule has 1 unspecified atom stereocenters. The van der Waals surface area contributed by atoms with Gasteiger partial charge in [0, 0.05) is 24.5 Å². The second-order valence-electron chi connectivity index (χ2n) is 6.03. The third-order valence-electron chi connectivity index (χ3n) is 4.12. The van der Waals surface area contributed by atoms with Crippen LogP contribution in [0.4, 0.5) is 0 Å². The zero-order valence-corrected chi connectivity index (χ0v) is 16.9. The molecular weight excluding hydrogens is 362 g/mol. The summed E-state index contributed by atoms with van der Waals surface area (Å²) in [5, 5.41) is 9.55. The molecular formula is C20H25N3O3S. The average molecular weight is 388 g/mol. The Balaban J connectivity index is 2.26. The van der Waals surface area contributed by atoms with E-state index in [1.807, 2.05) is 31.2 Å². The lowest BCUT2D eigenvalue weighted by molar-refractivity contribution is -0.133. The van der Waals surface area contributed by atoms with Crippen molar-refractivity contribution in [3.8, 4) is 11.3 Å². The van der Waals surface area contributed by atoms with Crippen molar-refractivity contribution in [2.75, 3.05) is 12.8 Å². The molecule has 144 valence electrons. The van der Waals surface area contributed by atoms with E-state index in [4.69, 9.17) is 9.52 Å². The van der Waals surface area contributed by atoms with E-state index in [0.717, 1.165) is 23.4 Å². The highest BCUT2D eigenvalue weighted by Gasteiger charge is 2.13. The number of aromatic nitrogens is 1. The Morgan fingerprint density at radius 1 is 1.33 bits per heavy atom. The van der Waals surface area contributed by atoms with Gasteiger partial charge in [0.2, 0.25) is 0 Å². The fourth-order valence-electron chi connectivity index (χ4n) is 2.39. The van der Waals surface area contributed by atoms with Crippen molar-refractivity contribution in [3.63, 3.8) is 0 Å². The molecule has 0 aliphatic rings. The summed E-state index contributed by atoms with van der Waals surface area (Å²) >= 11 is 1.20. The fraction of sp³-hybridized carbons (Fsp3) is 0.400. The van der Waals surface area contributed by atoms with Crippen molar-refractivity contribution in [3.05, 3.63) is 41.9 Å². The van der Waals surface area contributed by atoms with Crippen LogP contribution in [-0.4, -0.2) is 39.7 Å². The van der Waals surface area contributed by atoms with Crippen LogP contribution in [-0.2, 0) is 4.79 Å². The van der Waals surface area contributed by atoms with E-state index in [2.05, 4.69) is 28.8 Å². The molecule has 0 saturated carbocycles. The van der Waals surface area contributed by atoms with E-state index in [9.17, 15) is 4.79 Å². The number of aliphatic imine (C=N–C) groups is 2. The molecule has 6 nitrogen and oxygen atoms in total. The summed E-state index contributed by atoms with van der Waals surface area (Å²) in [6.45, 7) is 6.22. The molecule has 0 amide bonds. The normalized spacial score (nSPS) is 13.6. The van der Waals surface area contributed by atoms with Gasteiger partial charge in [-0.15, -0.1) is 0 Å². The summed E-state index contributed by atoms with van der Waals surface area (Å²) in [7, 11) is 1.64. The van der Waals surface area contributed by atoms with E-state index in [1.165, 1.54) is 11.8 Å². The molecule has 7 heteroatoms. The number of carboxylic acid groups (broad SMARTS) is 1. The number of carbonyl (C=O) groups is 1. The van der Waals surface area contributed by atoms with Gasteiger partial charge in [0.1, 0.15) is 5.76 Å². The summed E-state index contributed by atoms with van der Waals surface area (Å²) in [4.78, 5) is 23.9. The van der Waals surface area contributed by atoms with Crippen LogP contribution in [0.1, 0.15) is 51.0 Å². The minimum Gasteiger partial charge on any atom is -0.481 e. The number of hydrogen-bond donors (Lipinski definition) is 1. The summed E-state index contributed by atoms with van der Waals surface area (Å²) in [6, 6.07) is 7.69. The lowest BCUT2D eigenvalue weighted by Crippen LogP contribution is -2.05. The molecule has 1 atom stereocenters. The first kappa shape index (κ1) is 20.9. The Morgan fingerprint density at radius 3 is 2.74 bits per heavy atom. The number of rotatable bonds is 7. The molecule has 0 radical (unpaired) electrons. The minimum atomic E-state index is -0.869. The first-order valence-electron chi connectivity index (χ1n) is 8.93. The van der Waals surface area contributed by atoms with Gasteiger partial charge in [-0.2, -0.15) is 0 Å². The van der Waals surface area contributed by atoms with E-state index >= 15 is 0 Å². The first-order chi connectivity index (χ1) is 13.0. The highest BCUT2D eigenvalue weighted by atomic mass is 32.2. The van der Waals surface area contributed by atoms with Crippen LogP contribution in [0.25, 0.3) is 11.3 Å². The van der Waals surface area contributed by atoms with Crippen LogP contribution < -0.4 is 0 Å². The molecule has 2 heterocycles. The molecule has 2 rings (SSSR count). The standard InChI is InChI=1S/C20H25N3O3S/c1-5-13(3)15-11-14(9-10-22-15)16-7-8-17(26-16)20(21-4)23-18(6-2)27-12-19(24)25/h7-11,13H,5-6,12H2,1-4H3,(H,24,25). The molecule has 1 N–H and O–H groups in total. The third kappa shape index (κ3) is 5.79. The number of pyridine rings is 1.